The second-order valence-electron chi connectivity index (χ2n) is 7.25. The lowest BCUT2D eigenvalue weighted by Gasteiger charge is -2.21. The molecule has 156 valence electrons. The van der Waals surface area contributed by atoms with Crippen LogP contribution in [0.1, 0.15) is 80.0 Å². The number of nitrogens with one attached hydrogen (secondary N) is 1. The molecule has 0 bridgehead atoms. The molecule has 0 aromatic heterocycles. The van der Waals surface area contributed by atoms with E-state index in [-0.39, 0.29) is 7.34 Å². The maximum atomic E-state index is 11.5. The minimum Gasteiger partial charge on any atom is -0.381 e. The van der Waals surface area contributed by atoms with E-state index in [4.69, 9.17) is 9.47 Å². The number of rotatable bonds is 14. The van der Waals surface area contributed by atoms with E-state index < -0.39 is 0 Å². The molecule has 26 heavy (non-hydrogen) atoms. The van der Waals surface area contributed by atoms with Crippen molar-refractivity contribution in [3.63, 3.8) is 0 Å². The highest BCUT2D eigenvalue weighted by molar-refractivity contribution is 5.82. The molecule has 1 rings (SSSR count). The molecule has 0 radical (unpaired) electrons. The molecule has 1 fully saturated rings. The minimum absolute atomic E-state index is 0. The van der Waals surface area contributed by atoms with Crippen molar-refractivity contribution in [2.75, 3.05) is 33.0 Å². The van der Waals surface area contributed by atoms with Gasteiger partial charge in [-0.15, -0.1) is 0 Å². The molecule has 1 saturated carbocycles. The van der Waals surface area contributed by atoms with Gasteiger partial charge in [-0.25, -0.2) is 0 Å². The molecule has 1 N–H and O–H groups in total. The van der Waals surface area contributed by atoms with Gasteiger partial charge in [-0.2, -0.15) is 0 Å². The summed E-state index contributed by atoms with van der Waals surface area (Å²) in [6, 6.07) is 0. The molecule has 1 aliphatic carbocycles. The summed E-state index contributed by atoms with van der Waals surface area (Å²) < 4.78 is 10.7. The maximum absolute atomic E-state index is 11.5. The number of unbranched alkanes of at least 4 members (excludes halogenated alkanes) is 1. The summed E-state index contributed by atoms with van der Waals surface area (Å²) in [7, 11) is 0. The number of carbonyl (C=O) groups is 2. The summed E-state index contributed by atoms with van der Waals surface area (Å²) in [5.74, 6) is 1.14. The van der Waals surface area contributed by atoms with Crippen LogP contribution in [0, 0.1) is 11.8 Å². The lowest BCUT2D eigenvalue weighted by Crippen LogP contribution is -2.21. The molecule has 0 aliphatic heterocycles. The van der Waals surface area contributed by atoms with E-state index in [1.165, 1.54) is 19.3 Å². The largest absolute Gasteiger partial charge is 0.381 e. The topological polar surface area (TPSA) is 64.6 Å². The smallest absolute Gasteiger partial charge is 0.207 e. The molecule has 0 atom stereocenters. The molecule has 1 aliphatic rings. The van der Waals surface area contributed by atoms with Crippen molar-refractivity contribution in [1.82, 2.24) is 5.32 Å². The minimum atomic E-state index is 0. The van der Waals surface area contributed by atoms with Gasteiger partial charge in [0.25, 0.3) is 0 Å². The molecule has 5 nitrogen and oxygen atoms in total. The molecule has 5 heteroatoms. The van der Waals surface area contributed by atoms with Gasteiger partial charge in [0.15, 0.2) is 0 Å². The van der Waals surface area contributed by atoms with E-state index in [1.54, 1.807) is 0 Å². The van der Waals surface area contributed by atoms with Crippen LogP contribution in [0.2, 0.25) is 0 Å². The van der Waals surface area contributed by atoms with Gasteiger partial charge >= 0.3 is 0 Å². The summed E-state index contributed by atoms with van der Waals surface area (Å²) in [4.78, 5) is 21.4. The highest BCUT2D eigenvalue weighted by Gasteiger charge is 2.22. The average Bonchev–Trinajstić information content (AvgIpc) is 2.66. The van der Waals surface area contributed by atoms with E-state index in [0.29, 0.717) is 24.7 Å². The van der Waals surface area contributed by atoms with Crippen molar-refractivity contribution in [2.45, 2.75) is 78.6 Å². The first-order chi connectivity index (χ1) is 12.6. The summed E-state index contributed by atoms with van der Waals surface area (Å²) in [5, 5.41) is 2.59. The summed E-state index contributed by atoms with van der Waals surface area (Å²) in [6.45, 7) is 10.0. The molecule has 0 aromatic rings. The van der Waals surface area contributed by atoms with E-state index in [0.717, 1.165) is 65.0 Å². The summed E-state index contributed by atoms with van der Waals surface area (Å²) in [6.07, 6.45) is 11.0. The Balaban J connectivity index is 0. The first-order valence-corrected chi connectivity index (χ1v) is 10.5. The Hall–Kier alpha value is -0.940. The Kier molecular flexibility index (Phi) is 18.2. The van der Waals surface area contributed by atoms with Gasteiger partial charge in [0.2, 0.25) is 6.41 Å². The van der Waals surface area contributed by atoms with E-state index >= 15 is 0 Å². The second kappa shape index (κ2) is 18.8. The maximum Gasteiger partial charge on any atom is 0.207 e. The Bertz CT molecular complexity index is 334. The fourth-order valence-electron chi connectivity index (χ4n) is 2.95. The van der Waals surface area contributed by atoms with Crippen LogP contribution in [0.15, 0.2) is 0 Å². The van der Waals surface area contributed by atoms with Crippen molar-refractivity contribution >= 4 is 12.2 Å². The molecule has 0 saturated heterocycles. The van der Waals surface area contributed by atoms with Crippen LogP contribution in [0.25, 0.3) is 0 Å². The van der Waals surface area contributed by atoms with Gasteiger partial charge in [0, 0.05) is 46.2 Å². The van der Waals surface area contributed by atoms with Gasteiger partial charge in [-0.05, 0) is 38.5 Å². The quantitative estimate of drug-likeness (QED) is 0.362. The monoisotopic (exact) mass is 373 g/mol. The highest BCUT2D eigenvalue weighted by atomic mass is 16.5. The fourth-order valence-corrected chi connectivity index (χ4v) is 2.95. The molecule has 0 unspecified atom stereocenters. The van der Waals surface area contributed by atoms with Gasteiger partial charge in [0.1, 0.15) is 5.78 Å². The van der Waals surface area contributed by atoms with E-state index in [1.807, 2.05) is 13.8 Å². The Labute approximate surface area is 162 Å². The van der Waals surface area contributed by atoms with Gasteiger partial charge in [0.05, 0.1) is 0 Å². The molecule has 1 amide bonds. The number of hydrogen-bond acceptors (Lipinski definition) is 4. The van der Waals surface area contributed by atoms with Crippen LogP contribution in [0.4, 0.5) is 0 Å². The SMILES string of the molecule is CC(C)C(=O)C1CCCCC1.CCCOCCCCOCCCNC=O.[HH]. The Morgan fingerprint density at radius 1 is 1.04 bits per heavy atom. The zero-order valence-corrected chi connectivity index (χ0v) is 17.3. The second-order valence-corrected chi connectivity index (χ2v) is 7.25. The molecule has 0 spiro atoms. The van der Waals surface area contributed by atoms with Gasteiger partial charge in [-0.3, -0.25) is 9.59 Å². The van der Waals surface area contributed by atoms with Gasteiger partial charge in [-0.1, -0.05) is 40.0 Å². The molecule has 0 aromatic carbocycles. The van der Waals surface area contributed by atoms with E-state index in [2.05, 4.69) is 12.2 Å². The van der Waals surface area contributed by atoms with Crippen LogP contribution in [0.3, 0.4) is 0 Å². The zero-order chi connectivity index (χ0) is 19.5. The molecule has 0 heterocycles. The van der Waals surface area contributed by atoms with Crippen molar-refractivity contribution in [3.05, 3.63) is 0 Å². The normalized spacial score (nSPS) is 14.6. The molecular formula is C21H43NO4. The van der Waals surface area contributed by atoms with Crippen LogP contribution < -0.4 is 5.32 Å². The van der Waals surface area contributed by atoms with Crippen molar-refractivity contribution in [3.8, 4) is 0 Å². The standard InChI is InChI=1S/C11H23NO3.C10H18O.H2/c1-2-7-14-8-3-4-9-15-10-5-6-12-11-13;1-8(2)10(11)9-6-4-3-5-7-9;/h11H,2-10H2,1H3,(H,12,13);8-9H,3-7H2,1-2H3;1H. The summed E-state index contributed by atoms with van der Waals surface area (Å²) in [5.41, 5.74) is 0. The summed E-state index contributed by atoms with van der Waals surface area (Å²) >= 11 is 0. The van der Waals surface area contributed by atoms with Crippen LogP contribution >= 0.6 is 0 Å². The zero-order valence-electron chi connectivity index (χ0n) is 17.3. The average molecular weight is 374 g/mol. The fraction of sp³-hybridized carbons (Fsp3) is 0.905. The lowest BCUT2D eigenvalue weighted by atomic mass is 9.83. The number of ether oxygens (including phenoxy) is 2. The number of hydrogen-bond donors (Lipinski definition) is 1. The van der Waals surface area contributed by atoms with Crippen LogP contribution in [-0.2, 0) is 19.1 Å². The van der Waals surface area contributed by atoms with Crippen molar-refractivity contribution < 1.29 is 20.5 Å². The number of amides is 1. The van der Waals surface area contributed by atoms with Crippen molar-refractivity contribution in [2.24, 2.45) is 11.8 Å². The molecular weight excluding hydrogens is 330 g/mol. The van der Waals surface area contributed by atoms with E-state index in [9.17, 15) is 9.59 Å². The predicted octanol–water partition coefficient (Wildman–Crippen LogP) is 4.38. The first kappa shape index (κ1) is 25.1. The van der Waals surface area contributed by atoms with Crippen molar-refractivity contribution in [1.29, 1.82) is 0 Å². The number of ketones is 1. The third-order valence-corrected chi connectivity index (χ3v) is 4.45. The van der Waals surface area contributed by atoms with Gasteiger partial charge < -0.3 is 14.8 Å². The first-order valence-electron chi connectivity index (χ1n) is 10.5. The number of carbonyl (C=O) groups excluding carboxylic acids is 2. The third kappa shape index (κ3) is 15.3. The lowest BCUT2D eigenvalue weighted by molar-refractivity contribution is -0.126. The Morgan fingerprint density at radius 2 is 1.62 bits per heavy atom. The number of Topliss-reactive ketones (excluding diaryl/α,β-unsaturated/α-hetero) is 1. The Morgan fingerprint density at radius 3 is 2.15 bits per heavy atom. The third-order valence-electron chi connectivity index (χ3n) is 4.45. The highest BCUT2D eigenvalue weighted by Crippen LogP contribution is 2.26. The van der Waals surface area contributed by atoms with Crippen LogP contribution in [0.5, 0.6) is 0 Å². The van der Waals surface area contributed by atoms with Crippen LogP contribution in [-0.4, -0.2) is 45.2 Å². The predicted molar refractivity (Wildman–Crippen MR) is 108 cm³/mol.